The lowest BCUT2D eigenvalue weighted by Gasteiger charge is -2.16. The van der Waals surface area contributed by atoms with Gasteiger partial charge in [0.2, 0.25) is 0 Å². The van der Waals surface area contributed by atoms with E-state index in [1.165, 1.54) is 23.5 Å². The van der Waals surface area contributed by atoms with Gasteiger partial charge in [-0.05, 0) is 36.4 Å². The van der Waals surface area contributed by atoms with Gasteiger partial charge in [-0.25, -0.2) is 4.39 Å². The number of halogens is 1. The molecule has 2 unspecified atom stereocenters. The summed E-state index contributed by atoms with van der Waals surface area (Å²) in [6, 6.07) is 5.77. The van der Waals surface area contributed by atoms with Gasteiger partial charge in [0.05, 0.1) is 10.8 Å². The third-order valence-corrected chi connectivity index (χ3v) is 4.95. The van der Waals surface area contributed by atoms with E-state index in [1.54, 1.807) is 12.1 Å². The van der Waals surface area contributed by atoms with Crippen LogP contribution in [0.5, 0.6) is 0 Å². The molecule has 4 nitrogen and oxygen atoms in total. The zero-order valence-electron chi connectivity index (χ0n) is 11.1. The highest BCUT2D eigenvalue weighted by molar-refractivity contribution is 7.20. The van der Waals surface area contributed by atoms with Crippen LogP contribution in [0.4, 0.5) is 4.39 Å². The van der Waals surface area contributed by atoms with Crippen LogP contribution in [0.3, 0.4) is 0 Å². The molecule has 21 heavy (non-hydrogen) atoms. The van der Waals surface area contributed by atoms with Gasteiger partial charge in [0.25, 0.3) is 5.91 Å². The van der Waals surface area contributed by atoms with Gasteiger partial charge in [-0.1, -0.05) is 12.5 Å². The maximum Gasteiger partial charge on any atom is 0.308 e. The molecule has 2 aromatic rings. The Morgan fingerprint density at radius 2 is 2.10 bits per heavy atom. The second-order valence-corrected chi connectivity index (χ2v) is 6.33. The van der Waals surface area contributed by atoms with E-state index in [9.17, 15) is 14.0 Å². The van der Waals surface area contributed by atoms with Gasteiger partial charge in [-0.15, -0.1) is 11.3 Å². The number of carboxylic acid groups (broad SMARTS) is 1. The summed E-state index contributed by atoms with van der Waals surface area (Å²) < 4.78 is 13.9. The van der Waals surface area contributed by atoms with E-state index in [1.807, 2.05) is 0 Å². The van der Waals surface area contributed by atoms with Gasteiger partial charge in [0.15, 0.2) is 0 Å². The van der Waals surface area contributed by atoms with Crippen molar-refractivity contribution < 1.29 is 19.1 Å². The number of carbonyl (C=O) groups is 2. The molecule has 3 rings (SSSR count). The molecule has 1 aromatic carbocycles. The fraction of sp³-hybridized carbons (Fsp3) is 0.333. The first kappa shape index (κ1) is 14.0. The topological polar surface area (TPSA) is 66.4 Å². The van der Waals surface area contributed by atoms with Gasteiger partial charge in [-0.2, -0.15) is 0 Å². The van der Waals surface area contributed by atoms with E-state index in [0.717, 1.165) is 11.8 Å². The Balaban J connectivity index is 1.79. The zero-order valence-corrected chi connectivity index (χ0v) is 12.0. The summed E-state index contributed by atoms with van der Waals surface area (Å²) in [6.45, 7) is 0. The first-order valence-electron chi connectivity index (χ1n) is 6.77. The van der Waals surface area contributed by atoms with Crippen LogP contribution in [0.2, 0.25) is 0 Å². The minimum Gasteiger partial charge on any atom is -0.481 e. The Morgan fingerprint density at radius 3 is 2.86 bits per heavy atom. The number of carboxylic acids is 1. The fourth-order valence-corrected chi connectivity index (χ4v) is 3.78. The zero-order chi connectivity index (χ0) is 15.0. The molecule has 0 radical (unpaired) electrons. The summed E-state index contributed by atoms with van der Waals surface area (Å²) >= 11 is 1.21. The van der Waals surface area contributed by atoms with Crippen molar-refractivity contribution in [2.75, 3.05) is 0 Å². The van der Waals surface area contributed by atoms with Crippen LogP contribution in [-0.2, 0) is 4.79 Å². The first-order valence-corrected chi connectivity index (χ1v) is 7.59. The molecule has 0 bridgehead atoms. The number of hydrogen-bond donors (Lipinski definition) is 2. The molecule has 1 fully saturated rings. The van der Waals surface area contributed by atoms with Crippen molar-refractivity contribution >= 4 is 33.3 Å². The van der Waals surface area contributed by atoms with Gasteiger partial charge in [-0.3, -0.25) is 9.59 Å². The Morgan fingerprint density at radius 1 is 1.29 bits per heavy atom. The highest BCUT2D eigenvalue weighted by Crippen LogP contribution is 2.29. The van der Waals surface area contributed by atoms with Crippen LogP contribution in [0, 0.1) is 11.7 Å². The maximum absolute atomic E-state index is 13.2. The summed E-state index contributed by atoms with van der Waals surface area (Å²) in [6.07, 6.45) is 2.08. The third-order valence-electron chi connectivity index (χ3n) is 3.86. The van der Waals surface area contributed by atoms with Crippen LogP contribution in [0.1, 0.15) is 28.9 Å². The molecule has 6 heteroatoms. The van der Waals surface area contributed by atoms with E-state index in [4.69, 9.17) is 5.11 Å². The van der Waals surface area contributed by atoms with Crippen molar-refractivity contribution in [2.24, 2.45) is 5.92 Å². The normalized spacial score (nSPS) is 21.6. The van der Waals surface area contributed by atoms with Crippen molar-refractivity contribution in [3.05, 3.63) is 35.0 Å². The molecule has 0 aliphatic heterocycles. The molecule has 2 atom stereocenters. The molecule has 110 valence electrons. The van der Waals surface area contributed by atoms with Crippen molar-refractivity contribution in [2.45, 2.75) is 25.3 Å². The monoisotopic (exact) mass is 307 g/mol. The number of nitrogens with one attached hydrogen (secondary N) is 1. The molecule has 2 N–H and O–H groups in total. The number of fused-ring (bicyclic) bond motifs is 1. The number of aliphatic carboxylic acids is 1. The summed E-state index contributed by atoms with van der Waals surface area (Å²) in [7, 11) is 0. The molecule has 0 saturated heterocycles. The van der Waals surface area contributed by atoms with E-state index >= 15 is 0 Å². The Bertz CT molecular complexity index is 712. The quantitative estimate of drug-likeness (QED) is 0.916. The lowest BCUT2D eigenvalue weighted by Crippen LogP contribution is -2.39. The minimum absolute atomic E-state index is 0.283. The number of thiophene rings is 1. The Hall–Kier alpha value is -1.95. The second kappa shape index (κ2) is 5.44. The molecule has 1 aromatic heterocycles. The van der Waals surface area contributed by atoms with Gasteiger partial charge >= 0.3 is 5.97 Å². The predicted molar refractivity (Wildman–Crippen MR) is 78.0 cm³/mol. The average Bonchev–Trinajstić information content (AvgIpc) is 3.04. The summed E-state index contributed by atoms with van der Waals surface area (Å²) in [5.74, 6) is -2.00. The lowest BCUT2D eigenvalue weighted by atomic mass is 10.0. The van der Waals surface area contributed by atoms with Crippen LogP contribution in [0.25, 0.3) is 10.1 Å². The highest BCUT2D eigenvalue weighted by Gasteiger charge is 2.34. The average molecular weight is 307 g/mol. The second-order valence-electron chi connectivity index (χ2n) is 5.25. The SMILES string of the molecule is O=C(NC1CCCC1C(=O)O)c1cc2ccc(F)cc2s1. The summed E-state index contributed by atoms with van der Waals surface area (Å²) in [5.41, 5.74) is 0. The fourth-order valence-electron chi connectivity index (χ4n) is 2.78. The van der Waals surface area contributed by atoms with Gasteiger partial charge < -0.3 is 10.4 Å². The molecular formula is C15H14FNO3S. The Labute approximate surface area is 124 Å². The molecule has 0 spiro atoms. The first-order chi connectivity index (χ1) is 10.0. The number of amides is 1. The largest absolute Gasteiger partial charge is 0.481 e. The molecule has 1 amide bonds. The molecule has 1 aliphatic rings. The van der Waals surface area contributed by atoms with E-state index in [0.29, 0.717) is 22.4 Å². The molecule has 1 aliphatic carbocycles. The number of rotatable bonds is 3. The highest BCUT2D eigenvalue weighted by atomic mass is 32.1. The van der Waals surface area contributed by atoms with Crippen LogP contribution < -0.4 is 5.32 Å². The Kier molecular flexibility index (Phi) is 3.63. The predicted octanol–water partition coefficient (Wildman–Crippen LogP) is 3.02. The molecule has 1 heterocycles. The number of benzene rings is 1. The smallest absolute Gasteiger partial charge is 0.308 e. The summed E-state index contributed by atoms with van der Waals surface area (Å²) in [4.78, 5) is 23.8. The standard InChI is InChI=1S/C15H14FNO3S/c16-9-5-4-8-6-13(21-12(8)7-9)14(18)17-11-3-1-2-10(11)15(19)20/h4-7,10-11H,1-3H2,(H,17,18)(H,19,20). The third kappa shape index (κ3) is 2.76. The minimum atomic E-state index is -0.865. The lowest BCUT2D eigenvalue weighted by molar-refractivity contribution is -0.142. The van der Waals surface area contributed by atoms with E-state index in [-0.39, 0.29) is 17.8 Å². The van der Waals surface area contributed by atoms with Crippen LogP contribution in [0.15, 0.2) is 24.3 Å². The molecular weight excluding hydrogens is 293 g/mol. The van der Waals surface area contributed by atoms with E-state index in [2.05, 4.69) is 5.32 Å². The van der Waals surface area contributed by atoms with Crippen LogP contribution >= 0.6 is 11.3 Å². The van der Waals surface area contributed by atoms with Crippen molar-refractivity contribution in [1.82, 2.24) is 5.32 Å². The van der Waals surface area contributed by atoms with Crippen LogP contribution in [-0.4, -0.2) is 23.0 Å². The van der Waals surface area contributed by atoms with Gasteiger partial charge in [0.1, 0.15) is 5.82 Å². The maximum atomic E-state index is 13.2. The van der Waals surface area contributed by atoms with E-state index < -0.39 is 11.9 Å². The molecule has 1 saturated carbocycles. The number of hydrogen-bond acceptors (Lipinski definition) is 3. The van der Waals surface area contributed by atoms with Crippen molar-refractivity contribution in [3.8, 4) is 0 Å². The summed E-state index contributed by atoms with van der Waals surface area (Å²) in [5, 5.41) is 12.7. The van der Waals surface area contributed by atoms with Crippen molar-refractivity contribution in [3.63, 3.8) is 0 Å². The van der Waals surface area contributed by atoms with Gasteiger partial charge in [0, 0.05) is 10.7 Å². The van der Waals surface area contributed by atoms with Crippen molar-refractivity contribution in [1.29, 1.82) is 0 Å². The number of carbonyl (C=O) groups excluding carboxylic acids is 1.